The van der Waals surface area contributed by atoms with E-state index < -0.39 is 15.8 Å². The van der Waals surface area contributed by atoms with Crippen molar-refractivity contribution < 1.29 is 31.5 Å². The van der Waals surface area contributed by atoms with Crippen LogP contribution in [-0.4, -0.2) is 34.9 Å². The van der Waals surface area contributed by atoms with Crippen LogP contribution in [0.25, 0.3) is 11.3 Å². The highest BCUT2D eigenvalue weighted by molar-refractivity contribution is 7.92. The monoisotopic (exact) mass is 422 g/mol. The van der Waals surface area contributed by atoms with Crippen molar-refractivity contribution >= 4 is 15.7 Å². The maximum absolute atomic E-state index is 13.1. The zero-order chi connectivity index (χ0) is 21.2. The number of aromatic nitrogens is 1. The van der Waals surface area contributed by atoms with Crippen LogP contribution in [0.4, 0.5) is 10.1 Å². The molecule has 0 spiro atoms. The van der Waals surface area contributed by atoms with E-state index in [2.05, 4.69) is 9.88 Å². The molecule has 8 nitrogen and oxygen atoms in total. The Morgan fingerprint density at radius 1 is 1.00 bits per heavy atom. The normalized spacial score (nSPS) is 11.2. The third kappa shape index (κ3) is 3.97. The van der Waals surface area contributed by atoms with Crippen molar-refractivity contribution in [2.75, 3.05) is 26.1 Å². The molecule has 0 unspecified atom stereocenters. The van der Waals surface area contributed by atoms with Gasteiger partial charge in [0.15, 0.2) is 17.3 Å². The summed E-state index contributed by atoms with van der Waals surface area (Å²) in [7, 11) is 0.405. The molecule has 1 N–H and O–H groups in total. The molecule has 0 aliphatic heterocycles. The summed E-state index contributed by atoms with van der Waals surface area (Å²) < 4.78 is 62.2. The SMILES string of the molecule is COc1cc(-c2noc(C)c2NS(=O)(=O)c2ccc(F)cc2)cc(OC)c1OC. The lowest BCUT2D eigenvalue weighted by atomic mass is 10.1. The molecule has 2 aromatic carbocycles. The number of ether oxygens (including phenoxy) is 3. The first-order valence-corrected chi connectivity index (χ1v) is 9.84. The highest BCUT2D eigenvalue weighted by atomic mass is 32.2. The first-order valence-electron chi connectivity index (χ1n) is 8.35. The van der Waals surface area contributed by atoms with Gasteiger partial charge >= 0.3 is 0 Å². The van der Waals surface area contributed by atoms with Gasteiger partial charge in [0.1, 0.15) is 17.2 Å². The molecule has 0 aliphatic rings. The number of hydrogen-bond donors (Lipinski definition) is 1. The van der Waals surface area contributed by atoms with Crippen LogP contribution in [0.5, 0.6) is 17.2 Å². The molecule has 1 heterocycles. The van der Waals surface area contributed by atoms with E-state index in [9.17, 15) is 12.8 Å². The third-order valence-corrected chi connectivity index (χ3v) is 5.53. The fourth-order valence-corrected chi connectivity index (χ4v) is 3.84. The van der Waals surface area contributed by atoms with Crippen molar-refractivity contribution in [2.45, 2.75) is 11.8 Å². The molecule has 0 radical (unpaired) electrons. The number of nitrogens with zero attached hydrogens (tertiary/aromatic N) is 1. The molecular formula is C19H19FN2O6S. The first kappa shape index (κ1) is 20.5. The van der Waals surface area contributed by atoms with Crippen LogP contribution in [0, 0.1) is 12.7 Å². The van der Waals surface area contributed by atoms with E-state index in [1.807, 2.05) is 0 Å². The van der Waals surface area contributed by atoms with Gasteiger partial charge in [-0.15, -0.1) is 0 Å². The molecule has 0 atom stereocenters. The molecule has 0 saturated heterocycles. The number of hydrogen-bond acceptors (Lipinski definition) is 7. The Bertz CT molecular complexity index is 1100. The van der Waals surface area contributed by atoms with E-state index in [1.165, 1.54) is 33.5 Å². The fraction of sp³-hybridized carbons (Fsp3) is 0.211. The van der Waals surface area contributed by atoms with Gasteiger partial charge in [-0.1, -0.05) is 5.16 Å². The summed E-state index contributed by atoms with van der Waals surface area (Å²) in [5.41, 5.74) is 0.851. The zero-order valence-electron chi connectivity index (χ0n) is 16.1. The lowest BCUT2D eigenvalue weighted by Gasteiger charge is -2.14. The number of anilines is 1. The molecular weight excluding hydrogens is 403 g/mol. The van der Waals surface area contributed by atoms with Crippen LogP contribution in [-0.2, 0) is 10.0 Å². The Kier molecular flexibility index (Phi) is 5.64. The van der Waals surface area contributed by atoms with Crippen LogP contribution < -0.4 is 18.9 Å². The Balaban J connectivity index is 2.08. The van der Waals surface area contributed by atoms with Gasteiger partial charge in [0, 0.05) is 5.56 Å². The quantitative estimate of drug-likeness (QED) is 0.621. The summed E-state index contributed by atoms with van der Waals surface area (Å²) in [5, 5.41) is 3.97. The number of sulfonamides is 1. The van der Waals surface area contributed by atoms with E-state index >= 15 is 0 Å². The molecule has 3 aromatic rings. The van der Waals surface area contributed by atoms with Crippen molar-refractivity contribution in [3.05, 3.63) is 48.0 Å². The molecule has 29 heavy (non-hydrogen) atoms. The topological polar surface area (TPSA) is 99.9 Å². The van der Waals surface area contributed by atoms with Gasteiger partial charge in [-0.25, -0.2) is 12.8 Å². The number of methoxy groups -OCH3 is 3. The summed E-state index contributed by atoms with van der Waals surface area (Å²) in [4.78, 5) is -0.102. The van der Waals surface area contributed by atoms with Gasteiger partial charge in [0.25, 0.3) is 10.0 Å². The van der Waals surface area contributed by atoms with E-state index in [1.54, 1.807) is 19.1 Å². The van der Waals surface area contributed by atoms with Crippen LogP contribution >= 0.6 is 0 Å². The Morgan fingerprint density at radius 3 is 2.10 bits per heavy atom. The van der Waals surface area contributed by atoms with Crippen molar-refractivity contribution in [3.63, 3.8) is 0 Å². The molecule has 0 fully saturated rings. The second-order valence-electron chi connectivity index (χ2n) is 5.94. The second kappa shape index (κ2) is 8.00. The molecule has 0 saturated carbocycles. The van der Waals surface area contributed by atoms with Gasteiger partial charge in [-0.3, -0.25) is 4.72 Å². The lowest BCUT2D eigenvalue weighted by molar-refractivity contribution is 0.324. The van der Waals surface area contributed by atoms with Crippen LogP contribution in [0.15, 0.2) is 45.8 Å². The number of benzene rings is 2. The third-order valence-electron chi connectivity index (χ3n) is 4.16. The smallest absolute Gasteiger partial charge is 0.262 e. The average molecular weight is 422 g/mol. The van der Waals surface area contributed by atoms with E-state index in [0.29, 0.717) is 22.8 Å². The Labute approximate surface area is 167 Å². The largest absolute Gasteiger partial charge is 0.493 e. The average Bonchev–Trinajstić information content (AvgIpc) is 3.06. The number of rotatable bonds is 7. The van der Waals surface area contributed by atoms with E-state index in [-0.39, 0.29) is 22.0 Å². The molecule has 0 amide bonds. The molecule has 0 aliphatic carbocycles. The predicted octanol–water partition coefficient (Wildman–Crippen LogP) is 3.62. The summed E-state index contributed by atoms with van der Waals surface area (Å²) in [6, 6.07) is 7.70. The molecule has 10 heteroatoms. The Hall–Kier alpha value is -3.27. The van der Waals surface area contributed by atoms with Gasteiger partial charge in [0.05, 0.1) is 26.2 Å². The highest BCUT2D eigenvalue weighted by Gasteiger charge is 2.24. The molecule has 154 valence electrons. The van der Waals surface area contributed by atoms with Gasteiger partial charge < -0.3 is 18.7 Å². The minimum absolute atomic E-state index is 0.102. The van der Waals surface area contributed by atoms with E-state index in [4.69, 9.17) is 18.7 Å². The first-order chi connectivity index (χ1) is 13.8. The minimum atomic E-state index is -4.00. The zero-order valence-corrected chi connectivity index (χ0v) is 17.0. The van der Waals surface area contributed by atoms with Crippen molar-refractivity contribution in [1.82, 2.24) is 5.16 Å². The highest BCUT2D eigenvalue weighted by Crippen LogP contribution is 2.43. The Morgan fingerprint density at radius 2 is 1.59 bits per heavy atom. The van der Waals surface area contributed by atoms with Gasteiger partial charge in [-0.05, 0) is 43.3 Å². The summed E-state index contributed by atoms with van der Waals surface area (Å²) in [6.07, 6.45) is 0. The second-order valence-corrected chi connectivity index (χ2v) is 7.62. The predicted molar refractivity (Wildman–Crippen MR) is 104 cm³/mol. The van der Waals surface area contributed by atoms with Crippen LogP contribution in [0.3, 0.4) is 0 Å². The fourth-order valence-electron chi connectivity index (χ4n) is 2.71. The van der Waals surface area contributed by atoms with Crippen molar-refractivity contribution in [1.29, 1.82) is 0 Å². The molecule has 1 aromatic heterocycles. The van der Waals surface area contributed by atoms with Crippen molar-refractivity contribution in [3.8, 4) is 28.5 Å². The summed E-state index contributed by atoms with van der Waals surface area (Å²) in [5.74, 6) is 0.833. The standard InChI is InChI=1S/C19H19FN2O6S/c1-11-17(22-29(23,24)14-7-5-13(20)6-8-14)18(21-28-11)12-9-15(25-2)19(27-4)16(10-12)26-3/h5-10,22H,1-4H3. The van der Waals surface area contributed by atoms with Gasteiger partial charge in [-0.2, -0.15) is 0 Å². The number of nitrogens with one attached hydrogen (secondary N) is 1. The van der Waals surface area contributed by atoms with Crippen LogP contribution in [0.2, 0.25) is 0 Å². The number of halogens is 1. The van der Waals surface area contributed by atoms with Crippen LogP contribution in [0.1, 0.15) is 5.76 Å². The summed E-state index contributed by atoms with van der Waals surface area (Å²) >= 11 is 0. The van der Waals surface area contributed by atoms with Gasteiger partial charge in [0.2, 0.25) is 5.75 Å². The van der Waals surface area contributed by atoms with Crippen molar-refractivity contribution in [2.24, 2.45) is 0 Å². The molecule has 0 bridgehead atoms. The maximum Gasteiger partial charge on any atom is 0.262 e. The lowest BCUT2D eigenvalue weighted by Crippen LogP contribution is -2.13. The number of aryl methyl sites for hydroxylation is 1. The maximum atomic E-state index is 13.1. The summed E-state index contributed by atoms with van der Waals surface area (Å²) in [6.45, 7) is 1.57. The van der Waals surface area contributed by atoms with E-state index in [0.717, 1.165) is 12.1 Å². The molecule has 3 rings (SSSR count). The minimum Gasteiger partial charge on any atom is -0.493 e.